The molecule has 98 valence electrons. The van der Waals surface area contributed by atoms with Gasteiger partial charge < -0.3 is 15.2 Å². The molecule has 1 aromatic rings. The van der Waals surface area contributed by atoms with Gasteiger partial charge in [-0.05, 0) is 31.0 Å². The van der Waals surface area contributed by atoms with Crippen molar-refractivity contribution in [1.29, 1.82) is 5.26 Å². The second-order valence-corrected chi connectivity index (χ2v) is 4.60. The summed E-state index contributed by atoms with van der Waals surface area (Å²) in [6.45, 7) is 4.89. The van der Waals surface area contributed by atoms with Gasteiger partial charge in [0.15, 0.2) is 0 Å². The molecule has 4 nitrogen and oxygen atoms in total. The molecule has 2 N–H and O–H groups in total. The molecule has 0 saturated carbocycles. The molecule has 0 heterocycles. The maximum Gasteiger partial charge on any atom is 0.136 e. The smallest absolute Gasteiger partial charge is 0.136 e. The second kappa shape index (κ2) is 6.39. The molecule has 0 aliphatic rings. The molecule has 0 spiro atoms. The Kier molecular flexibility index (Phi) is 5.14. The third-order valence-electron chi connectivity index (χ3n) is 2.98. The molecule has 1 atom stereocenters. The van der Waals surface area contributed by atoms with Crippen molar-refractivity contribution in [3.63, 3.8) is 0 Å². The first-order valence-electron chi connectivity index (χ1n) is 6.02. The van der Waals surface area contributed by atoms with Crippen molar-refractivity contribution >= 4 is 0 Å². The third kappa shape index (κ3) is 4.02. The summed E-state index contributed by atoms with van der Waals surface area (Å²) in [6.07, 6.45) is 0.700. The molecular formula is C14H20N2O2. The first-order valence-corrected chi connectivity index (χ1v) is 6.02. The minimum Gasteiger partial charge on any atom is -0.495 e. The van der Waals surface area contributed by atoms with Gasteiger partial charge in [-0.1, -0.05) is 13.0 Å². The highest BCUT2D eigenvalue weighted by molar-refractivity contribution is 5.45. The zero-order chi connectivity index (χ0) is 13.6. The maximum absolute atomic E-state index is 9.85. The summed E-state index contributed by atoms with van der Waals surface area (Å²) < 4.78 is 5.08. The Balaban J connectivity index is 2.62. The van der Waals surface area contributed by atoms with Crippen molar-refractivity contribution in [1.82, 2.24) is 5.32 Å². The lowest BCUT2D eigenvalue weighted by molar-refractivity contribution is 0.0555. The summed E-state index contributed by atoms with van der Waals surface area (Å²) in [7, 11) is 1.55. The van der Waals surface area contributed by atoms with Gasteiger partial charge in [0.2, 0.25) is 0 Å². The average Bonchev–Trinajstić information content (AvgIpc) is 2.38. The highest BCUT2D eigenvalue weighted by atomic mass is 16.5. The zero-order valence-electron chi connectivity index (χ0n) is 11.2. The van der Waals surface area contributed by atoms with E-state index in [0.29, 0.717) is 30.8 Å². The quantitative estimate of drug-likeness (QED) is 0.806. The van der Waals surface area contributed by atoms with Gasteiger partial charge in [-0.25, -0.2) is 0 Å². The molecule has 0 radical (unpaired) electrons. The SMILES string of the molecule is CCC(C)(O)CNCc1ccc(OC)c(C#N)c1. The Hall–Kier alpha value is -1.57. The van der Waals surface area contributed by atoms with Gasteiger partial charge in [0, 0.05) is 13.1 Å². The van der Waals surface area contributed by atoms with E-state index in [1.165, 1.54) is 0 Å². The number of nitriles is 1. The summed E-state index contributed by atoms with van der Waals surface area (Å²) in [4.78, 5) is 0. The molecule has 0 bridgehead atoms. The van der Waals surface area contributed by atoms with E-state index in [1.54, 1.807) is 26.2 Å². The Morgan fingerprint density at radius 3 is 2.78 bits per heavy atom. The topological polar surface area (TPSA) is 65.3 Å². The Labute approximate surface area is 108 Å². The van der Waals surface area contributed by atoms with E-state index in [-0.39, 0.29) is 0 Å². The number of nitrogens with one attached hydrogen (secondary N) is 1. The Morgan fingerprint density at radius 1 is 1.50 bits per heavy atom. The largest absolute Gasteiger partial charge is 0.495 e. The van der Waals surface area contributed by atoms with Crippen molar-refractivity contribution in [2.45, 2.75) is 32.4 Å². The number of aliphatic hydroxyl groups is 1. The highest BCUT2D eigenvalue weighted by Crippen LogP contribution is 2.18. The minimum atomic E-state index is -0.690. The van der Waals surface area contributed by atoms with Gasteiger partial charge in [-0.15, -0.1) is 0 Å². The van der Waals surface area contributed by atoms with E-state index >= 15 is 0 Å². The lowest BCUT2D eigenvalue weighted by atomic mass is 10.0. The van der Waals surface area contributed by atoms with Gasteiger partial charge in [0.25, 0.3) is 0 Å². The van der Waals surface area contributed by atoms with Gasteiger partial charge in [-0.2, -0.15) is 5.26 Å². The van der Waals surface area contributed by atoms with Crippen LogP contribution >= 0.6 is 0 Å². The fourth-order valence-corrected chi connectivity index (χ4v) is 1.55. The first kappa shape index (κ1) is 14.5. The van der Waals surface area contributed by atoms with Crippen LogP contribution in [0.5, 0.6) is 5.75 Å². The fourth-order valence-electron chi connectivity index (χ4n) is 1.55. The van der Waals surface area contributed by atoms with Crippen LogP contribution in [0.2, 0.25) is 0 Å². The summed E-state index contributed by atoms with van der Waals surface area (Å²) in [5, 5.41) is 22.0. The van der Waals surface area contributed by atoms with Crippen LogP contribution in [0.25, 0.3) is 0 Å². The van der Waals surface area contributed by atoms with Crippen LogP contribution in [-0.4, -0.2) is 24.4 Å². The molecule has 0 aliphatic carbocycles. The molecule has 0 saturated heterocycles. The van der Waals surface area contributed by atoms with E-state index in [2.05, 4.69) is 11.4 Å². The molecule has 1 unspecified atom stereocenters. The van der Waals surface area contributed by atoms with E-state index in [1.807, 2.05) is 13.0 Å². The first-order chi connectivity index (χ1) is 8.52. The molecule has 18 heavy (non-hydrogen) atoms. The van der Waals surface area contributed by atoms with E-state index < -0.39 is 5.60 Å². The van der Waals surface area contributed by atoms with E-state index in [4.69, 9.17) is 10.00 Å². The summed E-state index contributed by atoms with van der Waals surface area (Å²) >= 11 is 0. The molecule has 1 rings (SSSR count). The number of ether oxygens (including phenoxy) is 1. The van der Waals surface area contributed by atoms with E-state index in [9.17, 15) is 5.11 Å². The average molecular weight is 248 g/mol. The summed E-state index contributed by atoms with van der Waals surface area (Å²) in [6, 6.07) is 7.60. The number of hydrogen-bond acceptors (Lipinski definition) is 4. The van der Waals surface area contributed by atoms with Crippen LogP contribution in [0.15, 0.2) is 18.2 Å². The summed E-state index contributed by atoms with van der Waals surface area (Å²) in [5.41, 5.74) is 0.836. The Bertz CT molecular complexity index is 436. The van der Waals surface area contributed by atoms with Crippen LogP contribution in [0.4, 0.5) is 0 Å². The normalized spacial score (nSPS) is 13.7. The molecule has 0 aliphatic heterocycles. The predicted octanol–water partition coefficient (Wildman–Crippen LogP) is 1.82. The van der Waals surface area contributed by atoms with Crippen molar-refractivity contribution in [2.24, 2.45) is 0 Å². The van der Waals surface area contributed by atoms with Crippen LogP contribution in [0, 0.1) is 11.3 Å². The number of nitrogens with zero attached hydrogens (tertiary/aromatic N) is 1. The van der Waals surface area contributed by atoms with Gasteiger partial charge in [0.05, 0.1) is 18.3 Å². The van der Waals surface area contributed by atoms with Crippen LogP contribution in [0.1, 0.15) is 31.4 Å². The van der Waals surface area contributed by atoms with Gasteiger partial charge >= 0.3 is 0 Å². The minimum absolute atomic E-state index is 0.525. The maximum atomic E-state index is 9.85. The standard InChI is InChI=1S/C14H20N2O2/c1-4-14(2,17)10-16-9-11-5-6-13(18-3)12(7-11)8-15/h5-7,16-17H,4,9-10H2,1-3H3. The number of methoxy groups -OCH3 is 1. The van der Waals surface area contributed by atoms with Gasteiger partial charge in [-0.3, -0.25) is 0 Å². The molecule has 0 aromatic heterocycles. The van der Waals surface area contributed by atoms with Crippen molar-refractivity contribution in [3.8, 4) is 11.8 Å². The molecule has 4 heteroatoms. The molecule has 0 fully saturated rings. The number of benzene rings is 1. The monoisotopic (exact) mass is 248 g/mol. The Morgan fingerprint density at radius 2 is 2.22 bits per heavy atom. The van der Waals surface area contributed by atoms with Crippen LogP contribution in [-0.2, 0) is 6.54 Å². The second-order valence-electron chi connectivity index (χ2n) is 4.60. The van der Waals surface area contributed by atoms with Crippen LogP contribution in [0.3, 0.4) is 0 Å². The highest BCUT2D eigenvalue weighted by Gasteiger charge is 2.16. The van der Waals surface area contributed by atoms with E-state index in [0.717, 1.165) is 5.56 Å². The molecule has 1 aromatic carbocycles. The lowest BCUT2D eigenvalue weighted by Crippen LogP contribution is -2.36. The molecular weight excluding hydrogens is 228 g/mol. The fraction of sp³-hybridized carbons (Fsp3) is 0.500. The summed E-state index contributed by atoms with van der Waals surface area (Å²) in [5.74, 6) is 0.585. The zero-order valence-corrected chi connectivity index (χ0v) is 11.2. The third-order valence-corrected chi connectivity index (χ3v) is 2.98. The number of hydrogen-bond donors (Lipinski definition) is 2. The van der Waals surface area contributed by atoms with Crippen molar-refractivity contribution < 1.29 is 9.84 Å². The lowest BCUT2D eigenvalue weighted by Gasteiger charge is -2.21. The predicted molar refractivity (Wildman–Crippen MR) is 70.3 cm³/mol. The van der Waals surface area contributed by atoms with Crippen LogP contribution < -0.4 is 10.1 Å². The number of rotatable bonds is 6. The van der Waals surface area contributed by atoms with Crippen molar-refractivity contribution in [2.75, 3.05) is 13.7 Å². The molecule has 0 amide bonds. The van der Waals surface area contributed by atoms with Gasteiger partial charge in [0.1, 0.15) is 11.8 Å². The van der Waals surface area contributed by atoms with Crippen molar-refractivity contribution in [3.05, 3.63) is 29.3 Å².